The van der Waals surface area contributed by atoms with E-state index < -0.39 is 0 Å². The van der Waals surface area contributed by atoms with E-state index >= 15 is 0 Å². The van der Waals surface area contributed by atoms with Gasteiger partial charge in [0, 0.05) is 0 Å². The molecule has 0 aromatic heterocycles. The molecule has 0 saturated carbocycles. The fourth-order valence-electron chi connectivity index (χ4n) is 1.78. The van der Waals surface area contributed by atoms with Crippen molar-refractivity contribution in [3.05, 3.63) is 35.9 Å². The third-order valence-corrected chi connectivity index (χ3v) is 2.79. The van der Waals surface area contributed by atoms with E-state index in [4.69, 9.17) is 5.26 Å². The minimum Gasteiger partial charge on any atom is -0.394 e. The lowest BCUT2D eigenvalue weighted by molar-refractivity contribution is 0.237. The maximum atomic E-state index is 9.38. The first-order chi connectivity index (χ1) is 8.31. The van der Waals surface area contributed by atoms with Gasteiger partial charge in [-0.05, 0) is 12.0 Å². The standard InChI is InChI=1S/C14H20N2O/c1-2-3-9-13(10-15)16-14(11-17)12-7-5-4-6-8-12/h4-8,13-14,16-17H,2-3,9,11H2,1H3. The summed E-state index contributed by atoms with van der Waals surface area (Å²) in [5.74, 6) is 0. The van der Waals surface area contributed by atoms with Crippen molar-refractivity contribution in [2.24, 2.45) is 0 Å². The summed E-state index contributed by atoms with van der Waals surface area (Å²) in [5.41, 5.74) is 1.02. The molecular formula is C14H20N2O. The molecule has 1 aromatic rings. The van der Waals surface area contributed by atoms with Crippen LogP contribution in [0.1, 0.15) is 37.8 Å². The average molecular weight is 232 g/mol. The molecule has 0 spiro atoms. The second-order valence-electron chi connectivity index (χ2n) is 4.14. The Labute approximate surface area is 103 Å². The van der Waals surface area contributed by atoms with Crippen LogP contribution in [0.5, 0.6) is 0 Å². The second-order valence-corrected chi connectivity index (χ2v) is 4.14. The normalized spacial score (nSPS) is 13.9. The summed E-state index contributed by atoms with van der Waals surface area (Å²) in [5, 5.41) is 21.6. The van der Waals surface area contributed by atoms with Gasteiger partial charge in [0.15, 0.2) is 0 Å². The Bertz CT molecular complexity index is 345. The number of benzene rings is 1. The Morgan fingerprint density at radius 3 is 2.59 bits per heavy atom. The molecular weight excluding hydrogens is 212 g/mol. The minimum absolute atomic E-state index is 0.00825. The smallest absolute Gasteiger partial charge is 0.0958 e. The van der Waals surface area contributed by atoms with E-state index in [-0.39, 0.29) is 18.7 Å². The van der Waals surface area contributed by atoms with Crippen LogP contribution in [-0.2, 0) is 0 Å². The van der Waals surface area contributed by atoms with Crippen molar-refractivity contribution in [3.63, 3.8) is 0 Å². The monoisotopic (exact) mass is 232 g/mol. The van der Waals surface area contributed by atoms with Crippen molar-refractivity contribution in [1.29, 1.82) is 5.26 Å². The Kier molecular flexibility index (Phi) is 6.31. The first kappa shape index (κ1) is 13.7. The lowest BCUT2D eigenvalue weighted by Crippen LogP contribution is -2.33. The van der Waals surface area contributed by atoms with Gasteiger partial charge < -0.3 is 5.11 Å². The molecule has 2 N–H and O–H groups in total. The van der Waals surface area contributed by atoms with Crippen LogP contribution in [0, 0.1) is 11.3 Å². The van der Waals surface area contributed by atoms with Crippen LogP contribution >= 0.6 is 0 Å². The zero-order chi connectivity index (χ0) is 12.5. The van der Waals surface area contributed by atoms with Gasteiger partial charge in [-0.15, -0.1) is 0 Å². The van der Waals surface area contributed by atoms with Crippen LogP contribution in [0.15, 0.2) is 30.3 Å². The van der Waals surface area contributed by atoms with E-state index in [9.17, 15) is 5.11 Å². The predicted molar refractivity (Wildman–Crippen MR) is 68.3 cm³/mol. The topological polar surface area (TPSA) is 56.0 Å². The fraction of sp³-hybridized carbons (Fsp3) is 0.500. The van der Waals surface area contributed by atoms with Gasteiger partial charge in [-0.2, -0.15) is 5.26 Å². The Morgan fingerprint density at radius 2 is 2.06 bits per heavy atom. The van der Waals surface area contributed by atoms with Gasteiger partial charge in [-0.1, -0.05) is 50.1 Å². The summed E-state index contributed by atoms with van der Waals surface area (Å²) < 4.78 is 0. The molecule has 0 aliphatic rings. The molecule has 0 fully saturated rings. The molecule has 0 amide bonds. The van der Waals surface area contributed by atoms with Crippen molar-refractivity contribution in [1.82, 2.24) is 5.32 Å². The quantitative estimate of drug-likeness (QED) is 0.759. The number of aliphatic hydroxyl groups is 1. The number of hydrogen-bond acceptors (Lipinski definition) is 3. The molecule has 0 aliphatic carbocycles. The molecule has 17 heavy (non-hydrogen) atoms. The molecule has 0 aliphatic heterocycles. The van der Waals surface area contributed by atoms with Gasteiger partial charge in [-0.25, -0.2) is 0 Å². The molecule has 1 rings (SSSR count). The Morgan fingerprint density at radius 1 is 1.35 bits per heavy atom. The third-order valence-electron chi connectivity index (χ3n) is 2.79. The molecule has 0 bridgehead atoms. The van der Waals surface area contributed by atoms with Gasteiger partial charge in [0.05, 0.1) is 24.8 Å². The Balaban J connectivity index is 2.60. The molecule has 0 saturated heterocycles. The van der Waals surface area contributed by atoms with Crippen LogP contribution in [0.2, 0.25) is 0 Å². The predicted octanol–water partition coefficient (Wildman–Crippen LogP) is 2.39. The molecule has 3 nitrogen and oxygen atoms in total. The second kappa shape index (κ2) is 7.83. The van der Waals surface area contributed by atoms with Gasteiger partial charge in [-0.3, -0.25) is 5.32 Å². The van der Waals surface area contributed by atoms with Gasteiger partial charge in [0.1, 0.15) is 0 Å². The van der Waals surface area contributed by atoms with Crippen molar-refractivity contribution < 1.29 is 5.11 Å². The molecule has 0 radical (unpaired) electrons. The van der Waals surface area contributed by atoms with Crippen LogP contribution in [0.3, 0.4) is 0 Å². The first-order valence-electron chi connectivity index (χ1n) is 6.13. The maximum absolute atomic E-state index is 9.38. The summed E-state index contributed by atoms with van der Waals surface area (Å²) in [6, 6.07) is 11.6. The highest BCUT2D eigenvalue weighted by molar-refractivity contribution is 5.19. The SMILES string of the molecule is CCCCC(C#N)NC(CO)c1ccccc1. The number of rotatable bonds is 7. The van der Waals surface area contributed by atoms with Gasteiger partial charge in [0.25, 0.3) is 0 Å². The number of aliphatic hydroxyl groups excluding tert-OH is 1. The van der Waals surface area contributed by atoms with Crippen molar-refractivity contribution >= 4 is 0 Å². The largest absolute Gasteiger partial charge is 0.394 e. The van der Waals surface area contributed by atoms with Crippen LogP contribution in [0.4, 0.5) is 0 Å². The van der Waals surface area contributed by atoms with Crippen molar-refractivity contribution in [3.8, 4) is 6.07 Å². The van der Waals surface area contributed by atoms with Crippen LogP contribution in [0.25, 0.3) is 0 Å². The van der Waals surface area contributed by atoms with Gasteiger partial charge >= 0.3 is 0 Å². The maximum Gasteiger partial charge on any atom is 0.0958 e. The lowest BCUT2D eigenvalue weighted by Gasteiger charge is -2.20. The minimum atomic E-state index is -0.188. The van der Waals surface area contributed by atoms with E-state index in [1.54, 1.807) is 0 Å². The number of nitriles is 1. The summed E-state index contributed by atoms with van der Waals surface area (Å²) in [6.07, 6.45) is 2.93. The van der Waals surface area contributed by atoms with Crippen molar-refractivity contribution in [2.45, 2.75) is 38.3 Å². The highest BCUT2D eigenvalue weighted by atomic mass is 16.3. The Hall–Kier alpha value is -1.37. The average Bonchev–Trinajstić information content (AvgIpc) is 2.40. The molecule has 92 valence electrons. The van der Waals surface area contributed by atoms with E-state index in [2.05, 4.69) is 18.3 Å². The third kappa shape index (κ3) is 4.56. The molecule has 2 atom stereocenters. The summed E-state index contributed by atoms with van der Waals surface area (Å²) in [4.78, 5) is 0. The summed E-state index contributed by atoms with van der Waals surface area (Å²) in [6.45, 7) is 2.11. The lowest BCUT2D eigenvalue weighted by atomic mass is 10.0. The summed E-state index contributed by atoms with van der Waals surface area (Å²) >= 11 is 0. The summed E-state index contributed by atoms with van der Waals surface area (Å²) in [7, 11) is 0. The van der Waals surface area contributed by atoms with Gasteiger partial charge in [0.2, 0.25) is 0 Å². The van der Waals surface area contributed by atoms with E-state index in [0.29, 0.717) is 0 Å². The highest BCUT2D eigenvalue weighted by Crippen LogP contribution is 2.13. The number of unbranched alkanes of at least 4 members (excludes halogenated alkanes) is 1. The number of nitrogens with one attached hydrogen (secondary N) is 1. The van der Waals surface area contributed by atoms with Crippen molar-refractivity contribution in [2.75, 3.05) is 6.61 Å². The highest BCUT2D eigenvalue weighted by Gasteiger charge is 2.15. The zero-order valence-electron chi connectivity index (χ0n) is 10.3. The van der Waals surface area contributed by atoms with E-state index in [1.807, 2.05) is 30.3 Å². The fourth-order valence-corrected chi connectivity index (χ4v) is 1.78. The molecule has 3 heteroatoms. The first-order valence-corrected chi connectivity index (χ1v) is 6.13. The number of hydrogen-bond donors (Lipinski definition) is 2. The van der Waals surface area contributed by atoms with Crippen LogP contribution in [-0.4, -0.2) is 17.8 Å². The van der Waals surface area contributed by atoms with E-state index in [1.165, 1.54) is 0 Å². The molecule has 0 heterocycles. The molecule has 2 unspecified atom stereocenters. The zero-order valence-corrected chi connectivity index (χ0v) is 10.3. The number of nitrogens with zero attached hydrogens (tertiary/aromatic N) is 1. The van der Waals surface area contributed by atoms with E-state index in [0.717, 1.165) is 24.8 Å². The van der Waals surface area contributed by atoms with Crippen LogP contribution < -0.4 is 5.32 Å². The molecule has 1 aromatic carbocycles.